The molecule has 0 amide bonds. The molecule has 1 aromatic carbocycles. The molecule has 0 aliphatic heterocycles. The third-order valence-electron chi connectivity index (χ3n) is 2.89. The first-order chi connectivity index (χ1) is 8.63. The zero-order valence-electron chi connectivity index (χ0n) is 10.3. The van der Waals surface area contributed by atoms with Gasteiger partial charge in [0, 0.05) is 11.1 Å². The Labute approximate surface area is 109 Å². The minimum absolute atomic E-state index is 0.545. The zero-order valence-corrected chi connectivity index (χ0v) is 11.2. The molecule has 0 saturated heterocycles. The third-order valence-corrected chi connectivity index (χ3v) is 3.84. The van der Waals surface area contributed by atoms with Gasteiger partial charge in [0.05, 0.1) is 17.6 Å². The molecule has 0 spiro atoms. The number of hydrogen-bond donors (Lipinski definition) is 1. The van der Waals surface area contributed by atoms with E-state index in [0.29, 0.717) is 12.5 Å². The number of hydrogen-bond acceptors (Lipinski definition) is 4. The monoisotopic (exact) mass is 258 g/mol. The minimum atomic E-state index is 0.545. The van der Waals surface area contributed by atoms with Gasteiger partial charge in [0.25, 0.3) is 0 Å². The average molecular weight is 258 g/mol. The van der Waals surface area contributed by atoms with Crippen molar-refractivity contribution < 1.29 is 0 Å². The molecular weight excluding hydrogens is 244 g/mol. The fraction of sp³-hybridized carbons (Fsp3) is 0.231. The van der Waals surface area contributed by atoms with Crippen molar-refractivity contribution in [3.63, 3.8) is 0 Å². The lowest BCUT2D eigenvalue weighted by atomic mass is 10.2. The quantitative estimate of drug-likeness (QED) is 0.769. The van der Waals surface area contributed by atoms with Crippen LogP contribution in [0, 0.1) is 13.8 Å². The topological polar surface area (TPSA) is 56.7 Å². The largest absolute Gasteiger partial charge is 0.369 e. The standard InChI is InChI=1S/C13H14N4S/c1-8-3-4-10-11(5-8)17(13(14)16-10)6-12-15-9(2)7-18-12/h3-5,7H,6H2,1-2H3,(H2,14,16). The van der Waals surface area contributed by atoms with Gasteiger partial charge < -0.3 is 10.3 Å². The first-order valence-electron chi connectivity index (χ1n) is 5.77. The van der Waals surface area contributed by atoms with Crippen molar-refractivity contribution in [1.29, 1.82) is 0 Å². The van der Waals surface area contributed by atoms with Gasteiger partial charge in [-0.3, -0.25) is 0 Å². The van der Waals surface area contributed by atoms with Gasteiger partial charge in [0.2, 0.25) is 5.95 Å². The van der Waals surface area contributed by atoms with E-state index in [9.17, 15) is 0 Å². The molecule has 0 atom stereocenters. The molecular formula is C13H14N4S. The number of imidazole rings is 1. The van der Waals surface area contributed by atoms with E-state index in [-0.39, 0.29) is 0 Å². The lowest BCUT2D eigenvalue weighted by molar-refractivity contribution is 0.826. The SMILES string of the molecule is Cc1ccc2nc(N)n(Cc3nc(C)cs3)c2c1. The summed E-state index contributed by atoms with van der Waals surface area (Å²) in [7, 11) is 0. The van der Waals surface area contributed by atoms with E-state index < -0.39 is 0 Å². The molecule has 18 heavy (non-hydrogen) atoms. The summed E-state index contributed by atoms with van der Waals surface area (Å²) < 4.78 is 2.01. The van der Waals surface area contributed by atoms with Gasteiger partial charge in [0.15, 0.2) is 0 Å². The number of thiazole rings is 1. The Morgan fingerprint density at radius 2 is 2.11 bits per heavy atom. The first-order valence-corrected chi connectivity index (χ1v) is 6.65. The highest BCUT2D eigenvalue weighted by atomic mass is 32.1. The van der Waals surface area contributed by atoms with Gasteiger partial charge in [-0.2, -0.15) is 0 Å². The molecule has 5 heteroatoms. The Balaban J connectivity index is 2.10. The maximum absolute atomic E-state index is 5.99. The van der Waals surface area contributed by atoms with Crippen LogP contribution < -0.4 is 5.73 Å². The highest BCUT2D eigenvalue weighted by molar-refractivity contribution is 7.09. The molecule has 0 saturated carbocycles. The second-order valence-corrected chi connectivity index (χ2v) is 5.37. The van der Waals surface area contributed by atoms with Crippen LogP contribution in [-0.2, 0) is 6.54 Å². The number of anilines is 1. The molecule has 92 valence electrons. The number of nitrogens with zero attached hydrogens (tertiary/aromatic N) is 3. The molecule has 2 aromatic heterocycles. The summed E-state index contributed by atoms with van der Waals surface area (Å²) in [4.78, 5) is 8.85. The van der Waals surface area contributed by atoms with Crippen LogP contribution in [-0.4, -0.2) is 14.5 Å². The summed E-state index contributed by atoms with van der Waals surface area (Å²) in [5.41, 5.74) is 10.3. The number of benzene rings is 1. The molecule has 3 aromatic rings. The van der Waals surface area contributed by atoms with Crippen LogP contribution in [0.4, 0.5) is 5.95 Å². The molecule has 0 aliphatic carbocycles. The molecule has 0 radical (unpaired) electrons. The van der Waals surface area contributed by atoms with Crippen molar-refractivity contribution in [2.45, 2.75) is 20.4 Å². The Hall–Kier alpha value is -1.88. The van der Waals surface area contributed by atoms with Crippen LogP contribution in [0.3, 0.4) is 0 Å². The maximum atomic E-state index is 5.99. The summed E-state index contributed by atoms with van der Waals surface area (Å²) in [5, 5.41) is 3.11. The van der Waals surface area contributed by atoms with E-state index in [4.69, 9.17) is 5.73 Å². The summed E-state index contributed by atoms with van der Waals surface area (Å²) in [6.45, 7) is 4.75. The zero-order chi connectivity index (χ0) is 12.7. The lowest BCUT2D eigenvalue weighted by Gasteiger charge is -2.04. The smallest absolute Gasteiger partial charge is 0.201 e. The van der Waals surface area contributed by atoms with Crippen molar-refractivity contribution in [3.8, 4) is 0 Å². The minimum Gasteiger partial charge on any atom is -0.369 e. The van der Waals surface area contributed by atoms with E-state index in [2.05, 4.69) is 28.3 Å². The second-order valence-electron chi connectivity index (χ2n) is 4.43. The normalized spacial score (nSPS) is 11.2. The predicted molar refractivity (Wildman–Crippen MR) is 74.8 cm³/mol. The molecule has 0 fully saturated rings. The maximum Gasteiger partial charge on any atom is 0.201 e. The number of rotatable bonds is 2. The Morgan fingerprint density at radius 3 is 2.83 bits per heavy atom. The Morgan fingerprint density at radius 1 is 1.28 bits per heavy atom. The number of aromatic nitrogens is 3. The summed E-state index contributed by atoms with van der Waals surface area (Å²) in [5.74, 6) is 0.545. The summed E-state index contributed by atoms with van der Waals surface area (Å²) in [6, 6.07) is 6.16. The van der Waals surface area contributed by atoms with Gasteiger partial charge in [0.1, 0.15) is 5.01 Å². The van der Waals surface area contributed by atoms with E-state index >= 15 is 0 Å². The second kappa shape index (κ2) is 4.10. The van der Waals surface area contributed by atoms with Crippen molar-refractivity contribution in [2.75, 3.05) is 5.73 Å². The fourth-order valence-electron chi connectivity index (χ4n) is 2.03. The van der Waals surface area contributed by atoms with Gasteiger partial charge in [-0.15, -0.1) is 11.3 Å². The van der Waals surface area contributed by atoms with Crippen LogP contribution in [0.5, 0.6) is 0 Å². The number of fused-ring (bicyclic) bond motifs is 1. The van der Waals surface area contributed by atoms with E-state index in [0.717, 1.165) is 21.7 Å². The van der Waals surface area contributed by atoms with E-state index in [1.54, 1.807) is 11.3 Å². The van der Waals surface area contributed by atoms with E-state index in [1.165, 1.54) is 5.56 Å². The average Bonchev–Trinajstić information content (AvgIpc) is 2.86. The van der Waals surface area contributed by atoms with Crippen LogP contribution >= 0.6 is 11.3 Å². The lowest BCUT2D eigenvalue weighted by Crippen LogP contribution is -2.04. The van der Waals surface area contributed by atoms with Crippen molar-refractivity contribution >= 4 is 28.3 Å². The third kappa shape index (κ3) is 1.86. The Bertz CT molecular complexity index is 711. The highest BCUT2D eigenvalue weighted by Crippen LogP contribution is 2.21. The van der Waals surface area contributed by atoms with Crippen molar-refractivity contribution in [1.82, 2.24) is 14.5 Å². The molecule has 0 unspecified atom stereocenters. The van der Waals surface area contributed by atoms with Gasteiger partial charge in [-0.1, -0.05) is 6.07 Å². The molecule has 2 heterocycles. The van der Waals surface area contributed by atoms with Gasteiger partial charge in [-0.25, -0.2) is 9.97 Å². The molecule has 4 nitrogen and oxygen atoms in total. The van der Waals surface area contributed by atoms with Crippen molar-refractivity contribution in [3.05, 3.63) is 39.8 Å². The van der Waals surface area contributed by atoms with E-state index in [1.807, 2.05) is 23.6 Å². The van der Waals surface area contributed by atoms with Crippen LogP contribution in [0.15, 0.2) is 23.6 Å². The molecule has 3 rings (SSSR count). The summed E-state index contributed by atoms with van der Waals surface area (Å²) >= 11 is 1.65. The molecule has 0 bridgehead atoms. The number of nitrogens with two attached hydrogens (primary N) is 1. The highest BCUT2D eigenvalue weighted by Gasteiger charge is 2.10. The number of nitrogen functional groups attached to an aromatic ring is 1. The van der Waals surface area contributed by atoms with Crippen molar-refractivity contribution in [2.24, 2.45) is 0 Å². The van der Waals surface area contributed by atoms with Crippen LogP contribution in [0.1, 0.15) is 16.3 Å². The summed E-state index contributed by atoms with van der Waals surface area (Å²) in [6.07, 6.45) is 0. The van der Waals surface area contributed by atoms with Gasteiger partial charge >= 0.3 is 0 Å². The molecule has 0 aliphatic rings. The number of aryl methyl sites for hydroxylation is 2. The van der Waals surface area contributed by atoms with Crippen LogP contribution in [0.2, 0.25) is 0 Å². The fourth-order valence-corrected chi connectivity index (χ4v) is 2.79. The molecule has 2 N–H and O–H groups in total. The van der Waals surface area contributed by atoms with Gasteiger partial charge in [-0.05, 0) is 31.5 Å². The van der Waals surface area contributed by atoms with Crippen LogP contribution in [0.25, 0.3) is 11.0 Å². The first kappa shape index (κ1) is 11.2. The Kier molecular flexibility index (Phi) is 2.56. The predicted octanol–water partition coefficient (Wildman–Crippen LogP) is 2.74.